The van der Waals surface area contributed by atoms with Gasteiger partial charge < -0.3 is 10.6 Å². The second kappa shape index (κ2) is 17.7. The summed E-state index contributed by atoms with van der Waals surface area (Å²) in [4.78, 5) is 27.3. The standard InChI is InChI=1S/2C27H36N2O3S.2CH4/c30-26(28-27-13-18-6-19(14-27)8-20(7-18)15-27)23-3-1-2-4-24(23)33(31,32)29-25-21-9-16-5-17(11-21)12-22(25)10-16;30-27(28-25-19-7-15-5-16(9-19)10-20(25)8-15)23-3-1-2-4-24(23)33(31,32)29-26-21-11-17-6-18(13-21)14-22(26)12-17;;/h1-4,16-22,25,29H,5-15H2,(H,28,30);1-4,15-22,25-26,29H,5-14H2,(H,28,30);2*1H4. The number of carbonyl (C=O) groups excluding carboxylic acids is 2. The first-order valence-electron chi connectivity index (χ1n) is 26.6. The quantitative estimate of drug-likeness (QED) is 0.186. The zero-order valence-corrected chi connectivity index (χ0v) is 40.3. The molecule has 0 heterocycles. The van der Waals surface area contributed by atoms with E-state index in [2.05, 4.69) is 20.1 Å². The molecule has 372 valence electrons. The number of benzene rings is 2. The van der Waals surface area contributed by atoms with Crippen molar-refractivity contribution in [3.05, 3.63) is 59.7 Å². The molecule has 0 radical (unpaired) electrons. The third kappa shape index (κ3) is 8.54. The lowest BCUT2D eigenvalue weighted by Gasteiger charge is -2.56. The van der Waals surface area contributed by atoms with Gasteiger partial charge in [-0.25, -0.2) is 26.3 Å². The van der Waals surface area contributed by atoms with Crippen LogP contribution < -0.4 is 20.1 Å². The van der Waals surface area contributed by atoms with Crippen LogP contribution >= 0.6 is 0 Å². The van der Waals surface area contributed by atoms with Gasteiger partial charge in [0.05, 0.1) is 20.9 Å². The van der Waals surface area contributed by atoms with Crippen molar-refractivity contribution in [2.75, 3.05) is 0 Å². The van der Waals surface area contributed by atoms with E-state index >= 15 is 0 Å². The minimum Gasteiger partial charge on any atom is -0.349 e. The van der Waals surface area contributed by atoms with Crippen molar-refractivity contribution in [1.29, 1.82) is 0 Å². The molecule has 18 rings (SSSR count). The van der Waals surface area contributed by atoms with Gasteiger partial charge >= 0.3 is 0 Å². The van der Waals surface area contributed by atoms with E-state index in [9.17, 15) is 26.4 Å². The van der Waals surface area contributed by atoms with Gasteiger partial charge in [0.2, 0.25) is 20.0 Å². The smallest absolute Gasteiger partial charge is 0.253 e. The summed E-state index contributed by atoms with van der Waals surface area (Å²) in [7, 11) is -7.51. The van der Waals surface area contributed by atoms with Gasteiger partial charge in [-0.15, -0.1) is 0 Å². The van der Waals surface area contributed by atoms with Crippen LogP contribution in [0.1, 0.15) is 170 Å². The number of rotatable bonds is 10. The highest BCUT2D eigenvalue weighted by molar-refractivity contribution is 7.90. The summed E-state index contributed by atoms with van der Waals surface area (Å²) < 4.78 is 60.6. The summed E-state index contributed by atoms with van der Waals surface area (Å²) in [5.41, 5.74) is 0.490. The Kier molecular flexibility index (Phi) is 12.4. The van der Waals surface area contributed by atoms with Gasteiger partial charge in [-0.3, -0.25) is 9.59 Å². The number of amides is 2. The molecule has 12 heteroatoms. The molecule has 16 fully saturated rings. The molecule has 0 saturated heterocycles. The van der Waals surface area contributed by atoms with Crippen molar-refractivity contribution < 1.29 is 26.4 Å². The molecule has 0 aromatic heterocycles. The van der Waals surface area contributed by atoms with Gasteiger partial charge in [0, 0.05) is 23.7 Å². The number of carbonyl (C=O) groups is 2. The summed E-state index contributed by atoms with van der Waals surface area (Å²) in [6.07, 6.45) is 25.4. The van der Waals surface area contributed by atoms with Gasteiger partial charge in [-0.05, 0) is 248 Å². The maximum atomic E-state index is 13.6. The molecule has 16 aliphatic carbocycles. The lowest BCUT2D eigenvalue weighted by Crippen LogP contribution is -2.60. The van der Waals surface area contributed by atoms with E-state index in [0.29, 0.717) is 46.6 Å². The van der Waals surface area contributed by atoms with Crippen LogP contribution in [0.5, 0.6) is 0 Å². The van der Waals surface area contributed by atoms with E-state index in [-0.39, 0.29) is 60.1 Å². The average Bonchev–Trinajstić information content (AvgIpc) is 3.26. The fraction of sp³-hybridized carbons (Fsp3) is 0.750. The zero-order chi connectivity index (χ0) is 44.7. The van der Waals surface area contributed by atoms with Crippen molar-refractivity contribution >= 4 is 31.9 Å². The molecule has 4 N–H and O–H groups in total. The lowest BCUT2D eigenvalue weighted by atomic mass is 9.53. The molecule has 10 nitrogen and oxygen atoms in total. The Morgan fingerprint density at radius 3 is 1.04 bits per heavy atom. The average molecular weight is 969 g/mol. The molecule has 68 heavy (non-hydrogen) atoms. The summed E-state index contributed by atoms with van der Waals surface area (Å²) in [5, 5.41) is 6.69. The highest BCUT2D eigenvalue weighted by Gasteiger charge is 2.54. The largest absolute Gasteiger partial charge is 0.349 e. The molecule has 0 unspecified atom stereocenters. The summed E-state index contributed by atoms with van der Waals surface area (Å²) in [6.45, 7) is 0. The van der Waals surface area contributed by atoms with Crippen LogP contribution in [-0.4, -0.2) is 52.3 Å². The minimum atomic E-state index is -3.76. The molecule has 0 aliphatic heterocycles. The second-order valence-corrected chi connectivity index (χ2v) is 28.6. The highest BCUT2D eigenvalue weighted by Crippen LogP contribution is 2.58. The number of sulfonamides is 2. The number of hydrogen-bond acceptors (Lipinski definition) is 6. The third-order valence-corrected chi connectivity index (χ3v) is 23.9. The Bertz CT molecular complexity index is 2370. The SMILES string of the molecule is C.C.O=C(NC12CC3CC(CC(C3)C1)C2)c1ccccc1S(=O)(=O)NC1C2CC3CC(C2)CC1C3.O=C(NC1C2CC3CC(C2)CC1C3)c1ccccc1S(=O)(=O)NC1C2CC3CC(C2)CC1C3. The number of nitrogens with one attached hydrogen (secondary N) is 4. The number of hydrogen-bond donors (Lipinski definition) is 4. The Morgan fingerprint density at radius 1 is 0.397 bits per heavy atom. The van der Waals surface area contributed by atoms with Gasteiger partial charge in [0.15, 0.2) is 0 Å². The van der Waals surface area contributed by atoms with Crippen molar-refractivity contribution in [2.45, 2.75) is 183 Å². The third-order valence-electron chi connectivity index (χ3n) is 20.8. The Labute approximate surface area is 408 Å². The molecule has 16 bridgehead atoms. The zero-order valence-electron chi connectivity index (χ0n) is 38.6. The van der Waals surface area contributed by atoms with Crippen LogP contribution in [0.25, 0.3) is 0 Å². The molecular formula is C56H80N4O6S2. The van der Waals surface area contributed by atoms with Gasteiger partial charge in [-0.2, -0.15) is 0 Å². The molecule has 16 saturated carbocycles. The Hall–Kier alpha value is -2.80. The van der Waals surface area contributed by atoms with Gasteiger partial charge in [0.25, 0.3) is 11.8 Å². The van der Waals surface area contributed by atoms with Crippen LogP contribution in [0.2, 0.25) is 0 Å². The first-order valence-corrected chi connectivity index (χ1v) is 29.6. The van der Waals surface area contributed by atoms with Crippen LogP contribution in [0.15, 0.2) is 58.3 Å². The van der Waals surface area contributed by atoms with Crippen LogP contribution in [-0.2, 0) is 20.0 Å². The fourth-order valence-electron chi connectivity index (χ4n) is 19.5. The second-order valence-electron chi connectivity index (χ2n) is 25.2. The van der Waals surface area contributed by atoms with Gasteiger partial charge in [0.1, 0.15) is 0 Å². The van der Waals surface area contributed by atoms with Crippen molar-refractivity contribution in [3.63, 3.8) is 0 Å². The van der Waals surface area contributed by atoms with Crippen molar-refractivity contribution in [2.24, 2.45) is 88.8 Å². The van der Waals surface area contributed by atoms with Crippen LogP contribution in [0, 0.1) is 88.8 Å². The molecule has 16 aliphatic rings. The van der Waals surface area contributed by atoms with Crippen molar-refractivity contribution in [3.8, 4) is 0 Å². The van der Waals surface area contributed by atoms with E-state index < -0.39 is 20.0 Å². The highest BCUT2D eigenvalue weighted by atomic mass is 32.2. The van der Waals surface area contributed by atoms with E-state index in [4.69, 9.17) is 0 Å². The van der Waals surface area contributed by atoms with E-state index in [1.807, 2.05) is 0 Å². The predicted molar refractivity (Wildman–Crippen MR) is 265 cm³/mol. The molecular weight excluding hydrogens is 889 g/mol. The predicted octanol–water partition coefficient (Wildman–Crippen LogP) is 10.1. The van der Waals surface area contributed by atoms with Crippen LogP contribution in [0.3, 0.4) is 0 Å². The Morgan fingerprint density at radius 2 is 0.691 bits per heavy atom. The molecule has 0 spiro atoms. The first kappa shape index (κ1) is 47.5. The van der Waals surface area contributed by atoms with E-state index in [0.717, 1.165) is 124 Å². The monoisotopic (exact) mass is 969 g/mol. The minimum absolute atomic E-state index is 0. The normalized spacial score (nSPS) is 43.5. The maximum absolute atomic E-state index is 13.6. The lowest BCUT2D eigenvalue weighted by molar-refractivity contribution is -0.0167. The Balaban J connectivity index is 0.000000145. The summed E-state index contributed by atoms with van der Waals surface area (Å²) in [5.74, 6) is 9.65. The molecule has 0 atom stereocenters. The summed E-state index contributed by atoms with van der Waals surface area (Å²) in [6, 6.07) is 13.9. The maximum Gasteiger partial charge on any atom is 0.253 e. The fourth-order valence-corrected chi connectivity index (χ4v) is 22.6. The summed E-state index contributed by atoms with van der Waals surface area (Å²) >= 11 is 0. The van der Waals surface area contributed by atoms with Crippen LogP contribution in [0.4, 0.5) is 0 Å². The molecule has 2 aromatic carbocycles. The molecule has 2 aromatic rings. The molecule has 2 amide bonds. The van der Waals surface area contributed by atoms with Gasteiger partial charge in [-0.1, -0.05) is 39.1 Å². The topological polar surface area (TPSA) is 151 Å². The first-order chi connectivity index (χ1) is 31.8. The van der Waals surface area contributed by atoms with E-state index in [1.54, 1.807) is 48.5 Å². The van der Waals surface area contributed by atoms with Crippen molar-refractivity contribution in [1.82, 2.24) is 20.1 Å². The van der Waals surface area contributed by atoms with E-state index in [1.165, 1.54) is 64.2 Å².